The second-order valence-electron chi connectivity index (χ2n) is 10.2. The lowest BCUT2D eigenvalue weighted by Gasteiger charge is -2.37. The van der Waals surface area contributed by atoms with Crippen molar-refractivity contribution in [2.75, 3.05) is 4.90 Å². The number of carbonyl (C=O) groups excluding carboxylic acids is 3. The van der Waals surface area contributed by atoms with Crippen molar-refractivity contribution in [2.45, 2.75) is 26.7 Å². The summed E-state index contributed by atoms with van der Waals surface area (Å²) >= 11 is 6.23. The van der Waals surface area contributed by atoms with Crippen LogP contribution in [-0.2, 0) is 14.4 Å². The number of hydrogen-bond acceptors (Lipinski definition) is 3. The average molecular weight is 496 g/mol. The summed E-state index contributed by atoms with van der Waals surface area (Å²) in [5.41, 5.74) is 1.90. The number of amides is 2. The molecule has 2 amide bonds. The van der Waals surface area contributed by atoms with Crippen LogP contribution in [0.1, 0.15) is 37.8 Å². The lowest BCUT2D eigenvalue weighted by molar-refractivity contribution is -0.134. The maximum Gasteiger partial charge on any atom is 0.239 e. The maximum absolute atomic E-state index is 14.6. The second kappa shape index (κ2) is 8.01. The van der Waals surface area contributed by atoms with Gasteiger partial charge in [-0.2, -0.15) is 0 Å². The predicted octanol–water partition coefficient (Wildman–Crippen LogP) is 6.45. The number of carbonyl (C=O) groups is 3. The van der Waals surface area contributed by atoms with E-state index in [1.54, 1.807) is 24.3 Å². The quantitative estimate of drug-likeness (QED) is 0.382. The summed E-state index contributed by atoms with van der Waals surface area (Å²) in [4.78, 5) is 44.1. The summed E-state index contributed by atoms with van der Waals surface area (Å²) in [5.74, 6) is -2.13. The molecule has 0 unspecified atom stereocenters. The van der Waals surface area contributed by atoms with Crippen molar-refractivity contribution in [3.05, 3.63) is 101 Å². The summed E-state index contributed by atoms with van der Waals surface area (Å²) in [7, 11) is 0. The Kier molecular flexibility index (Phi) is 5.10. The van der Waals surface area contributed by atoms with E-state index < -0.39 is 22.7 Å². The van der Waals surface area contributed by atoms with Crippen LogP contribution in [0.25, 0.3) is 11.1 Å². The van der Waals surface area contributed by atoms with E-state index in [9.17, 15) is 14.4 Å². The molecule has 36 heavy (non-hydrogen) atoms. The Morgan fingerprint density at radius 2 is 1.36 bits per heavy atom. The van der Waals surface area contributed by atoms with Crippen LogP contribution in [0.15, 0.2) is 84.9 Å². The number of imide groups is 1. The van der Waals surface area contributed by atoms with Crippen LogP contribution in [0.3, 0.4) is 0 Å². The van der Waals surface area contributed by atoms with Crippen molar-refractivity contribution in [3.8, 4) is 0 Å². The van der Waals surface area contributed by atoms with Crippen LogP contribution >= 0.6 is 11.6 Å². The van der Waals surface area contributed by atoms with Crippen LogP contribution in [0, 0.1) is 22.7 Å². The van der Waals surface area contributed by atoms with Gasteiger partial charge < -0.3 is 0 Å². The monoisotopic (exact) mass is 495 g/mol. The minimum atomic E-state index is -1.12. The first-order valence-corrected chi connectivity index (χ1v) is 12.8. The average Bonchev–Trinajstić information content (AvgIpc) is 3.35. The molecule has 3 aromatic carbocycles. The minimum absolute atomic E-state index is 0.00278. The zero-order chi connectivity index (χ0) is 25.2. The Hall–Kier alpha value is -3.50. The molecule has 0 spiro atoms. The number of benzene rings is 3. The number of Topliss-reactive ketones (excluding diaryl/α,β-unsaturated/α-hetero) is 1. The van der Waals surface area contributed by atoms with E-state index in [-0.39, 0.29) is 17.6 Å². The SMILES string of the molecule is CCC[C@@]12C(=O)[C@](C)(C(c3ccccc3)=C1c1ccccc1)[C@@H]1C(=O)N(c3cccc(Cl)c3)C(=O)[C@@H]12. The fraction of sp³-hybridized carbons (Fsp3) is 0.258. The molecule has 6 rings (SSSR count). The van der Waals surface area contributed by atoms with E-state index in [2.05, 4.69) is 0 Å². The number of nitrogens with zero attached hydrogens (tertiary/aromatic N) is 1. The van der Waals surface area contributed by atoms with Gasteiger partial charge in [0.25, 0.3) is 0 Å². The van der Waals surface area contributed by atoms with Gasteiger partial charge in [0, 0.05) is 5.02 Å². The third-order valence-corrected chi connectivity index (χ3v) is 8.62. The molecule has 3 aliphatic rings. The Morgan fingerprint density at radius 1 is 0.778 bits per heavy atom. The zero-order valence-corrected chi connectivity index (χ0v) is 21.0. The van der Waals surface area contributed by atoms with Gasteiger partial charge in [-0.15, -0.1) is 0 Å². The lowest BCUT2D eigenvalue weighted by Crippen LogP contribution is -2.41. The fourth-order valence-corrected chi connectivity index (χ4v) is 7.41. The Labute approximate surface area is 215 Å². The van der Waals surface area contributed by atoms with E-state index in [4.69, 9.17) is 11.6 Å². The van der Waals surface area contributed by atoms with Gasteiger partial charge in [-0.25, -0.2) is 4.90 Å². The second-order valence-corrected chi connectivity index (χ2v) is 10.6. The summed E-state index contributed by atoms with van der Waals surface area (Å²) in [6, 6.07) is 26.6. The fourth-order valence-electron chi connectivity index (χ4n) is 7.23. The lowest BCUT2D eigenvalue weighted by atomic mass is 9.61. The highest BCUT2D eigenvalue weighted by atomic mass is 35.5. The highest BCUT2D eigenvalue weighted by Gasteiger charge is 2.80. The third kappa shape index (κ3) is 2.74. The molecule has 3 aromatic rings. The molecule has 5 heteroatoms. The molecule has 1 saturated heterocycles. The van der Waals surface area contributed by atoms with Crippen LogP contribution in [0.2, 0.25) is 5.02 Å². The number of halogens is 1. The number of fused-ring (bicyclic) bond motifs is 5. The molecule has 1 heterocycles. The Morgan fingerprint density at radius 3 is 1.94 bits per heavy atom. The van der Waals surface area contributed by atoms with E-state index in [1.807, 2.05) is 74.5 Å². The van der Waals surface area contributed by atoms with Crippen molar-refractivity contribution in [1.82, 2.24) is 0 Å². The Balaban J connectivity index is 1.66. The number of anilines is 1. The summed E-state index contributed by atoms with van der Waals surface area (Å²) in [5, 5.41) is 0.451. The maximum atomic E-state index is 14.6. The van der Waals surface area contributed by atoms with Gasteiger partial charge in [0.1, 0.15) is 0 Å². The molecule has 2 bridgehead atoms. The number of hydrogen-bond donors (Lipinski definition) is 0. The molecule has 180 valence electrons. The van der Waals surface area contributed by atoms with Gasteiger partial charge in [0.05, 0.1) is 28.4 Å². The third-order valence-electron chi connectivity index (χ3n) is 8.39. The minimum Gasteiger partial charge on any atom is -0.298 e. The van der Waals surface area contributed by atoms with E-state index in [0.29, 0.717) is 23.6 Å². The number of allylic oxidation sites excluding steroid dienone is 2. The molecule has 4 nitrogen and oxygen atoms in total. The molecular formula is C31H26ClNO3. The summed E-state index contributed by atoms with van der Waals surface area (Å²) in [6.45, 7) is 3.92. The molecule has 0 aromatic heterocycles. The smallest absolute Gasteiger partial charge is 0.239 e. The van der Waals surface area contributed by atoms with Gasteiger partial charge >= 0.3 is 0 Å². The molecule has 2 fully saturated rings. The van der Waals surface area contributed by atoms with Gasteiger partial charge in [-0.3, -0.25) is 14.4 Å². The van der Waals surface area contributed by atoms with Crippen LogP contribution in [0.5, 0.6) is 0 Å². The van der Waals surface area contributed by atoms with Crippen molar-refractivity contribution in [3.63, 3.8) is 0 Å². The molecular weight excluding hydrogens is 470 g/mol. The van der Waals surface area contributed by atoms with Crippen molar-refractivity contribution in [2.24, 2.45) is 22.7 Å². The normalized spacial score (nSPS) is 28.9. The highest BCUT2D eigenvalue weighted by Crippen LogP contribution is 2.74. The first-order valence-electron chi connectivity index (χ1n) is 12.4. The van der Waals surface area contributed by atoms with Gasteiger partial charge in [0.15, 0.2) is 5.78 Å². The topological polar surface area (TPSA) is 54.5 Å². The van der Waals surface area contributed by atoms with Gasteiger partial charge in [-0.1, -0.05) is 91.7 Å². The molecule has 1 aliphatic heterocycles. The summed E-state index contributed by atoms with van der Waals surface area (Å²) in [6.07, 6.45) is 1.22. The molecule has 0 N–H and O–H groups in total. The van der Waals surface area contributed by atoms with Gasteiger partial charge in [0.2, 0.25) is 11.8 Å². The van der Waals surface area contributed by atoms with Crippen molar-refractivity contribution in [1.29, 1.82) is 0 Å². The molecule has 2 aliphatic carbocycles. The molecule has 4 atom stereocenters. The van der Waals surface area contributed by atoms with E-state index >= 15 is 0 Å². The van der Waals surface area contributed by atoms with Crippen molar-refractivity contribution >= 4 is 46.0 Å². The largest absolute Gasteiger partial charge is 0.298 e. The van der Waals surface area contributed by atoms with Crippen LogP contribution in [-0.4, -0.2) is 17.6 Å². The van der Waals surface area contributed by atoms with E-state index in [0.717, 1.165) is 22.3 Å². The van der Waals surface area contributed by atoms with Gasteiger partial charge in [-0.05, 0) is 53.8 Å². The Bertz CT molecular complexity index is 1450. The molecule has 1 saturated carbocycles. The number of rotatable bonds is 5. The number of ketones is 1. The molecule has 0 radical (unpaired) electrons. The van der Waals surface area contributed by atoms with E-state index in [1.165, 1.54) is 4.90 Å². The first kappa shape index (κ1) is 22.9. The summed E-state index contributed by atoms with van der Waals surface area (Å²) < 4.78 is 0. The zero-order valence-electron chi connectivity index (χ0n) is 20.2. The van der Waals surface area contributed by atoms with Crippen molar-refractivity contribution < 1.29 is 14.4 Å². The predicted molar refractivity (Wildman–Crippen MR) is 141 cm³/mol. The standard InChI is InChI=1S/C31H26ClNO3/c1-3-17-31-24(20-13-8-5-9-14-20)23(19-11-6-4-7-12-19)30(2,29(31)36)25-26(31)28(35)33(27(25)34)22-16-10-15-21(32)18-22/h4-16,18,25-26H,3,17H2,1-2H3/t25-,26+,30+,31+/m0/s1. The first-order chi connectivity index (χ1) is 17.4. The highest BCUT2D eigenvalue weighted by molar-refractivity contribution is 6.35. The van der Waals surface area contributed by atoms with Crippen LogP contribution in [0.4, 0.5) is 5.69 Å². The van der Waals surface area contributed by atoms with Crippen LogP contribution < -0.4 is 4.90 Å².